The van der Waals surface area contributed by atoms with E-state index >= 15 is 0 Å². The Balaban J connectivity index is 0.00000225. The summed E-state index contributed by atoms with van der Waals surface area (Å²) >= 11 is 5.73. The summed E-state index contributed by atoms with van der Waals surface area (Å²) in [4.78, 5) is 11.4. The fourth-order valence-electron chi connectivity index (χ4n) is 1.18. The molecule has 0 aliphatic heterocycles. The van der Waals surface area contributed by atoms with Crippen molar-refractivity contribution in [3.8, 4) is 0 Å². The van der Waals surface area contributed by atoms with Crippen LogP contribution in [-0.2, 0) is 4.79 Å². The molecular weight excluding hydrogens is 247 g/mol. The van der Waals surface area contributed by atoms with E-state index in [-0.39, 0.29) is 18.3 Å². The SMILES string of the molecule is CNCCCC(=O)Nc1ccc(Cl)cc1.Cl. The van der Waals surface area contributed by atoms with Crippen LogP contribution in [0, 0.1) is 0 Å². The fraction of sp³-hybridized carbons (Fsp3) is 0.364. The maximum absolute atomic E-state index is 11.4. The molecule has 1 aromatic rings. The number of carbonyl (C=O) groups is 1. The number of hydrogen-bond acceptors (Lipinski definition) is 2. The number of carbonyl (C=O) groups excluding carboxylic acids is 1. The number of nitrogens with one attached hydrogen (secondary N) is 2. The minimum Gasteiger partial charge on any atom is -0.326 e. The molecule has 0 atom stereocenters. The summed E-state index contributed by atoms with van der Waals surface area (Å²) in [5, 5.41) is 6.47. The number of amides is 1. The quantitative estimate of drug-likeness (QED) is 0.802. The molecule has 16 heavy (non-hydrogen) atoms. The van der Waals surface area contributed by atoms with Crippen LogP contribution in [0.3, 0.4) is 0 Å². The van der Waals surface area contributed by atoms with Crippen molar-refractivity contribution in [2.24, 2.45) is 0 Å². The Bertz CT molecular complexity index is 314. The second kappa shape index (κ2) is 8.39. The Morgan fingerprint density at radius 1 is 1.31 bits per heavy atom. The minimum absolute atomic E-state index is 0. The summed E-state index contributed by atoms with van der Waals surface area (Å²) in [6.45, 7) is 0.855. The van der Waals surface area contributed by atoms with E-state index in [9.17, 15) is 4.79 Å². The van der Waals surface area contributed by atoms with Gasteiger partial charge in [-0.05, 0) is 44.3 Å². The Morgan fingerprint density at radius 2 is 1.94 bits per heavy atom. The summed E-state index contributed by atoms with van der Waals surface area (Å²) in [6.07, 6.45) is 1.37. The Morgan fingerprint density at radius 3 is 2.50 bits per heavy atom. The highest BCUT2D eigenvalue weighted by Crippen LogP contribution is 2.13. The van der Waals surface area contributed by atoms with E-state index in [0.717, 1.165) is 18.7 Å². The van der Waals surface area contributed by atoms with Gasteiger partial charge in [-0.1, -0.05) is 11.6 Å². The number of hydrogen-bond donors (Lipinski definition) is 2. The highest BCUT2D eigenvalue weighted by atomic mass is 35.5. The molecule has 2 N–H and O–H groups in total. The van der Waals surface area contributed by atoms with Crippen LogP contribution in [0.5, 0.6) is 0 Å². The molecule has 0 heterocycles. The fourth-order valence-corrected chi connectivity index (χ4v) is 1.31. The van der Waals surface area contributed by atoms with Gasteiger partial charge in [0.05, 0.1) is 0 Å². The van der Waals surface area contributed by atoms with Crippen molar-refractivity contribution in [3.63, 3.8) is 0 Å². The van der Waals surface area contributed by atoms with E-state index in [1.54, 1.807) is 24.3 Å². The van der Waals surface area contributed by atoms with Gasteiger partial charge in [0.1, 0.15) is 0 Å². The molecule has 5 heteroatoms. The lowest BCUT2D eigenvalue weighted by molar-refractivity contribution is -0.116. The van der Waals surface area contributed by atoms with Crippen LogP contribution in [0.2, 0.25) is 5.02 Å². The molecule has 0 unspecified atom stereocenters. The first-order chi connectivity index (χ1) is 7.22. The first-order valence-electron chi connectivity index (χ1n) is 4.92. The molecular formula is C11H16Cl2N2O. The minimum atomic E-state index is 0. The summed E-state index contributed by atoms with van der Waals surface area (Å²) in [7, 11) is 1.87. The van der Waals surface area contributed by atoms with E-state index in [1.807, 2.05) is 7.05 Å². The molecule has 0 aliphatic carbocycles. The van der Waals surface area contributed by atoms with Gasteiger partial charge in [-0.3, -0.25) is 4.79 Å². The molecule has 0 saturated carbocycles. The highest BCUT2D eigenvalue weighted by Gasteiger charge is 2.01. The molecule has 0 bridgehead atoms. The lowest BCUT2D eigenvalue weighted by Gasteiger charge is -2.04. The zero-order valence-corrected chi connectivity index (χ0v) is 10.7. The predicted octanol–water partition coefficient (Wildman–Crippen LogP) is 2.70. The van der Waals surface area contributed by atoms with Crippen molar-refractivity contribution < 1.29 is 4.79 Å². The smallest absolute Gasteiger partial charge is 0.224 e. The van der Waals surface area contributed by atoms with Crippen molar-refractivity contribution in [3.05, 3.63) is 29.3 Å². The molecule has 0 aromatic heterocycles. The monoisotopic (exact) mass is 262 g/mol. The zero-order chi connectivity index (χ0) is 11.1. The standard InChI is InChI=1S/C11H15ClN2O.ClH/c1-13-8-2-3-11(15)14-10-6-4-9(12)5-7-10;/h4-7,13H,2-3,8H2,1H3,(H,14,15);1H. The molecule has 0 fully saturated rings. The van der Waals surface area contributed by atoms with Gasteiger partial charge in [-0.2, -0.15) is 0 Å². The molecule has 0 radical (unpaired) electrons. The van der Waals surface area contributed by atoms with Crippen LogP contribution < -0.4 is 10.6 Å². The summed E-state index contributed by atoms with van der Waals surface area (Å²) in [5.41, 5.74) is 0.786. The van der Waals surface area contributed by atoms with Gasteiger partial charge in [0, 0.05) is 17.1 Å². The first-order valence-corrected chi connectivity index (χ1v) is 5.30. The highest BCUT2D eigenvalue weighted by molar-refractivity contribution is 6.30. The van der Waals surface area contributed by atoms with Crippen LogP contribution in [-0.4, -0.2) is 19.5 Å². The van der Waals surface area contributed by atoms with E-state index in [1.165, 1.54) is 0 Å². The summed E-state index contributed by atoms with van der Waals surface area (Å²) in [6, 6.07) is 7.09. The molecule has 1 rings (SSSR count). The largest absolute Gasteiger partial charge is 0.326 e. The predicted molar refractivity (Wildman–Crippen MR) is 70.5 cm³/mol. The molecule has 0 saturated heterocycles. The van der Waals surface area contributed by atoms with Gasteiger partial charge in [0.25, 0.3) is 0 Å². The molecule has 0 aliphatic rings. The lowest BCUT2D eigenvalue weighted by atomic mass is 10.2. The average Bonchev–Trinajstić information content (AvgIpc) is 2.22. The molecule has 0 spiro atoms. The maximum atomic E-state index is 11.4. The topological polar surface area (TPSA) is 41.1 Å². The zero-order valence-electron chi connectivity index (χ0n) is 9.13. The normalized spacial score (nSPS) is 9.38. The van der Waals surface area contributed by atoms with E-state index in [4.69, 9.17) is 11.6 Å². The lowest BCUT2D eigenvalue weighted by Crippen LogP contribution is -2.15. The van der Waals surface area contributed by atoms with Crippen molar-refractivity contribution >= 4 is 35.6 Å². The van der Waals surface area contributed by atoms with Crippen LogP contribution >= 0.6 is 24.0 Å². The second-order valence-corrected chi connectivity index (χ2v) is 3.70. The van der Waals surface area contributed by atoms with Gasteiger partial charge < -0.3 is 10.6 Å². The Kier molecular flexibility index (Phi) is 7.99. The number of halogens is 2. The van der Waals surface area contributed by atoms with E-state index < -0.39 is 0 Å². The van der Waals surface area contributed by atoms with E-state index in [0.29, 0.717) is 11.4 Å². The van der Waals surface area contributed by atoms with Gasteiger partial charge in [0.2, 0.25) is 5.91 Å². The second-order valence-electron chi connectivity index (χ2n) is 3.26. The third-order valence-corrected chi connectivity index (χ3v) is 2.21. The third kappa shape index (κ3) is 5.95. The number of anilines is 1. The first kappa shape index (κ1) is 15.2. The third-order valence-electron chi connectivity index (χ3n) is 1.96. The Labute approximate surface area is 107 Å². The molecule has 90 valence electrons. The maximum Gasteiger partial charge on any atom is 0.224 e. The molecule has 1 amide bonds. The summed E-state index contributed by atoms with van der Waals surface area (Å²) in [5.74, 6) is 0.0348. The van der Waals surface area contributed by atoms with Crippen molar-refractivity contribution in [2.45, 2.75) is 12.8 Å². The van der Waals surface area contributed by atoms with Gasteiger partial charge in [-0.25, -0.2) is 0 Å². The van der Waals surface area contributed by atoms with Crippen molar-refractivity contribution in [2.75, 3.05) is 18.9 Å². The van der Waals surface area contributed by atoms with Gasteiger partial charge >= 0.3 is 0 Å². The number of benzene rings is 1. The number of rotatable bonds is 5. The summed E-state index contributed by atoms with van der Waals surface area (Å²) < 4.78 is 0. The molecule has 3 nitrogen and oxygen atoms in total. The Hall–Kier alpha value is -0.770. The van der Waals surface area contributed by atoms with Crippen molar-refractivity contribution in [1.29, 1.82) is 0 Å². The van der Waals surface area contributed by atoms with Crippen LogP contribution in [0.4, 0.5) is 5.69 Å². The van der Waals surface area contributed by atoms with Crippen molar-refractivity contribution in [1.82, 2.24) is 5.32 Å². The van der Waals surface area contributed by atoms with Crippen LogP contribution in [0.25, 0.3) is 0 Å². The van der Waals surface area contributed by atoms with E-state index in [2.05, 4.69) is 10.6 Å². The average molecular weight is 263 g/mol. The van der Waals surface area contributed by atoms with Gasteiger partial charge in [0.15, 0.2) is 0 Å². The van der Waals surface area contributed by atoms with Crippen LogP contribution in [0.1, 0.15) is 12.8 Å². The molecule has 1 aromatic carbocycles. The van der Waals surface area contributed by atoms with Crippen LogP contribution in [0.15, 0.2) is 24.3 Å². The van der Waals surface area contributed by atoms with Gasteiger partial charge in [-0.15, -0.1) is 12.4 Å².